The Balaban J connectivity index is 1.74. The number of rotatable bonds is 6. The van der Waals surface area contributed by atoms with Gasteiger partial charge in [-0.1, -0.05) is 36.9 Å². The van der Waals surface area contributed by atoms with E-state index in [2.05, 4.69) is 17.2 Å². The number of hydrogen-bond donors (Lipinski definition) is 2. The fraction of sp³-hybridized carbons (Fsp3) is 0.350. The zero-order chi connectivity index (χ0) is 17.2. The van der Waals surface area contributed by atoms with Crippen molar-refractivity contribution in [1.29, 1.82) is 0 Å². The average Bonchev–Trinajstić information content (AvgIpc) is 2.61. The van der Waals surface area contributed by atoms with Crippen LogP contribution in [0.25, 0.3) is 0 Å². The van der Waals surface area contributed by atoms with E-state index in [1.54, 1.807) is 6.08 Å². The van der Waals surface area contributed by atoms with Crippen molar-refractivity contribution in [2.45, 2.75) is 44.8 Å². The molecule has 2 rings (SSSR count). The molecule has 0 heterocycles. The second-order valence-corrected chi connectivity index (χ2v) is 5.85. The van der Waals surface area contributed by atoms with Gasteiger partial charge >= 0.3 is 6.03 Å². The zero-order valence-electron chi connectivity index (χ0n) is 14.2. The van der Waals surface area contributed by atoms with Crippen LogP contribution in [-0.4, -0.2) is 18.2 Å². The molecule has 0 aromatic heterocycles. The minimum Gasteiger partial charge on any atom is -0.490 e. The summed E-state index contributed by atoms with van der Waals surface area (Å²) in [5, 5.41) is 5.89. The van der Waals surface area contributed by atoms with Gasteiger partial charge in [0.25, 0.3) is 0 Å². The summed E-state index contributed by atoms with van der Waals surface area (Å²) in [6.45, 7) is 5.75. The lowest BCUT2D eigenvalue weighted by Gasteiger charge is -2.29. The van der Waals surface area contributed by atoms with Crippen molar-refractivity contribution in [3.05, 3.63) is 67.0 Å². The predicted molar refractivity (Wildman–Crippen MR) is 98.8 cm³/mol. The van der Waals surface area contributed by atoms with Crippen LogP contribution in [0.4, 0.5) is 10.5 Å². The highest BCUT2D eigenvalue weighted by Crippen LogP contribution is 2.23. The van der Waals surface area contributed by atoms with Crippen molar-refractivity contribution >= 4 is 11.7 Å². The van der Waals surface area contributed by atoms with Crippen LogP contribution in [0.2, 0.25) is 0 Å². The number of hydrogen-bond acceptors (Lipinski definition) is 2. The quantitative estimate of drug-likeness (QED) is 0.584. The first kappa shape index (κ1) is 17.9. The summed E-state index contributed by atoms with van der Waals surface area (Å²) in [6.07, 6.45) is 11.4. The number of carbonyl (C=O) groups excluding carboxylic acids is 1. The standard InChI is InChI=1S/C20H26N2O2/c1-3-5-11-18(4-2)24-19-14-12-17(13-15-19)22-20(23)21-16-9-7-6-8-10-16/h3-11,17,19H,2,12-15H2,1H3,(H2,21,22,23)/b5-3-,18-11+. The average molecular weight is 326 g/mol. The van der Waals surface area contributed by atoms with Crippen molar-refractivity contribution in [2.24, 2.45) is 0 Å². The molecule has 1 aromatic carbocycles. The van der Waals surface area contributed by atoms with Gasteiger partial charge in [0.1, 0.15) is 5.76 Å². The molecule has 0 saturated heterocycles. The van der Waals surface area contributed by atoms with Gasteiger partial charge in [0.05, 0.1) is 6.10 Å². The molecule has 0 atom stereocenters. The van der Waals surface area contributed by atoms with E-state index in [0.29, 0.717) is 0 Å². The number of para-hydroxylation sites is 1. The Labute approximate surface area is 144 Å². The summed E-state index contributed by atoms with van der Waals surface area (Å²) in [6, 6.07) is 9.52. The van der Waals surface area contributed by atoms with Gasteiger partial charge in [-0.05, 0) is 56.9 Å². The van der Waals surface area contributed by atoms with E-state index in [0.717, 1.165) is 37.1 Å². The van der Waals surface area contributed by atoms with E-state index < -0.39 is 0 Å². The molecule has 0 radical (unpaired) electrons. The van der Waals surface area contributed by atoms with Crippen LogP contribution in [-0.2, 0) is 4.74 Å². The number of urea groups is 1. The molecule has 1 aliphatic carbocycles. The van der Waals surface area contributed by atoms with E-state index in [-0.39, 0.29) is 18.2 Å². The van der Waals surface area contributed by atoms with Crippen LogP contribution in [0.15, 0.2) is 67.0 Å². The smallest absolute Gasteiger partial charge is 0.319 e. The minimum absolute atomic E-state index is 0.148. The minimum atomic E-state index is -0.148. The summed E-state index contributed by atoms with van der Waals surface area (Å²) in [4.78, 5) is 12.0. The first-order valence-corrected chi connectivity index (χ1v) is 8.46. The molecular formula is C20H26N2O2. The molecule has 1 saturated carbocycles. The molecule has 0 aliphatic heterocycles. The van der Waals surface area contributed by atoms with E-state index >= 15 is 0 Å². The van der Waals surface area contributed by atoms with Gasteiger partial charge in [-0.3, -0.25) is 0 Å². The summed E-state index contributed by atoms with van der Waals surface area (Å²) in [5.74, 6) is 0.798. The second kappa shape index (κ2) is 9.60. The fourth-order valence-corrected chi connectivity index (χ4v) is 2.74. The summed E-state index contributed by atoms with van der Waals surface area (Å²) in [5.41, 5.74) is 0.803. The maximum Gasteiger partial charge on any atom is 0.319 e. The number of nitrogens with one attached hydrogen (secondary N) is 2. The normalized spacial score (nSPS) is 21.3. The van der Waals surface area contributed by atoms with E-state index in [1.165, 1.54) is 0 Å². The third kappa shape index (κ3) is 5.95. The first-order valence-electron chi connectivity index (χ1n) is 8.46. The van der Waals surface area contributed by atoms with E-state index in [9.17, 15) is 4.79 Å². The third-order valence-corrected chi connectivity index (χ3v) is 4.00. The fourth-order valence-electron chi connectivity index (χ4n) is 2.74. The maximum absolute atomic E-state index is 12.0. The molecule has 128 valence electrons. The van der Waals surface area contributed by atoms with Crippen molar-refractivity contribution in [1.82, 2.24) is 5.32 Å². The van der Waals surface area contributed by atoms with Gasteiger partial charge < -0.3 is 15.4 Å². The topological polar surface area (TPSA) is 50.4 Å². The van der Waals surface area contributed by atoms with Crippen LogP contribution >= 0.6 is 0 Å². The Morgan fingerprint density at radius 1 is 1.21 bits per heavy atom. The van der Waals surface area contributed by atoms with Crippen LogP contribution in [0.5, 0.6) is 0 Å². The van der Waals surface area contributed by atoms with E-state index in [1.807, 2.05) is 55.5 Å². The monoisotopic (exact) mass is 326 g/mol. The summed E-state index contributed by atoms with van der Waals surface area (Å²) in [7, 11) is 0. The van der Waals surface area contributed by atoms with Crippen molar-refractivity contribution in [2.75, 3.05) is 5.32 Å². The summed E-state index contributed by atoms with van der Waals surface area (Å²) >= 11 is 0. The lowest BCUT2D eigenvalue weighted by molar-refractivity contribution is 0.0818. The van der Waals surface area contributed by atoms with Gasteiger partial charge in [0, 0.05) is 11.7 Å². The highest BCUT2D eigenvalue weighted by molar-refractivity contribution is 5.89. The zero-order valence-corrected chi connectivity index (χ0v) is 14.2. The molecule has 0 spiro atoms. The molecule has 0 bridgehead atoms. The predicted octanol–water partition coefficient (Wildman–Crippen LogP) is 4.78. The summed E-state index contributed by atoms with van der Waals surface area (Å²) < 4.78 is 5.96. The number of benzene rings is 1. The number of anilines is 1. The Hall–Kier alpha value is -2.49. The number of amides is 2. The first-order chi connectivity index (χ1) is 11.7. The van der Waals surface area contributed by atoms with Crippen LogP contribution in [0.1, 0.15) is 32.6 Å². The molecule has 2 amide bonds. The van der Waals surface area contributed by atoms with Gasteiger partial charge in [-0.25, -0.2) is 4.79 Å². The van der Waals surface area contributed by atoms with Crippen LogP contribution < -0.4 is 10.6 Å². The molecule has 1 aromatic rings. The Morgan fingerprint density at radius 3 is 2.54 bits per heavy atom. The van der Waals surface area contributed by atoms with Gasteiger partial charge in [0.15, 0.2) is 0 Å². The third-order valence-electron chi connectivity index (χ3n) is 4.00. The van der Waals surface area contributed by atoms with Crippen molar-refractivity contribution in [3.63, 3.8) is 0 Å². The number of ether oxygens (including phenoxy) is 1. The number of carbonyl (C=O) groups is 1. The lowest BCUT2D eigenvalue weighted by Crippen LogP contribution is -2.41. The number of allylic oxidation sites excluding steroid dienone is 4. The van der Waals surface area contributed by atoms with Gasteiger partial charge in [-0.15, -0.1) is 0 Å². The molecule has 4 heteroatoms. The second-order valence-electron chi connectivity index (χ2n) is 5.85. The molecular weight excluding hydrogens is 300 g/mol. The molecule has 2 N–H and O–H groups in total. The maximum atomic E-state index is 12.0. The van der Waals surface area contributed by atoms with E-state index in [4.69, 9.17) is 4.74 Å². The highest BCUT2D eigenvalue weighted by Gasteiger charge is 2.23. The molecule has 1 aliphatic rings. The molecule has 0 unspecified atom stereocenters. The van der Waals surface area contributed by atoms with Crippen LogP contribution in [0.3, 0.4) is 0 Å². The Kier molecular flexibility index (Phi) is 7.15. The molecule has 24 heavy (non-hydrogen) atoms. The lowest BCUT2D eigenvalue weighted by atomic mass is 9.93. The molecule has 4 nitrogen and oxygen atoms in total. The van der Waals surface area contributed by atoms with Crippen molar-refractivity contribution in [3.8, 4) is 0 Å². The van der Waals surface area contributed by atoms with Gasteiger partial charge in [0.2, 0.25) is 0 Å². The Morgan fingerprint density at radius 2 is 1.92 bits per heavy atom. The molecule has 1 fully saturated rings. The Bertz CT molecular complexity index is 585. The van der Waals surface area contributed by atoms with Gasteiger partial charge in [-0.2, -0.15) is 0 Å². The SMILES string of the molecule is C=C/C(=C\C=C/C)OC1CCC(NC(=O)Nc2ccccc2)CC1. The van der Waals surface area contributed by atoms with Crippen LogP contribution in [0, 0.1) is 0 Å². The highest BCUT2D eigenvalue weighted by atomic mass is 16.5. The van der Waals surface area contributed by atoms with Crippen molar-refractivity contribution < 1.29 is 9.53 Å². The largest absolute Gasteiger partial charge is 0.490 e.